The van der Waals surface area contributed by atoms with Crippen molar-refractivity contribution < 1.29 is 49.0 Å². The Hall–Kier alpha value is -4.09. The Balaban J connectivity index is 0.000000952. The monoisotopic (exact) mass is 697 g/mol. The second-order valence-electron chi connectivity index (χ2n) is 11.6. The van der Waals surface area contributed by atoms with Gasteiger partial charge in [0.05, 0.1) is 35.4 Å². The van der Waals surface area contributed by atoms with E-state index in [-0.39, 0.29) is 48.3 Å². The van der Waals surface area contributed by atoms with Gasteiger partial charge in [0.15, 0.2) is 0 Å². The number of ether oxygens (including phenoxy) is 1. The molecule has 1 aromatic heterocycles. The molecule has 266 valence electrons. The van der Waals surface area contributed by atoms with Crippen LogP contribution in [-0.4, -0.2) is 64.4 Å². The number of aromatic nitrogens is 4. The summed E-state index contributed by atoms with van der Waals surface area (Å²) in [5.74, 6) is -0.148. The number of nitrogens with zero attached hydrogens (tertiary/aromatic N) is 6. The van der Waals surface area contributed by atoms with E-state index >= 15 is 0 Å². The van der Waals surface area contributed by atoms with Gasteiger partial charge in [-0.3, -0.25) is 4.79 Å². The Labute approximate surface area is 271 Å². The molecule has 9 nitrogen and oxygen atoms in total. The number of rotatable bonds is 10. The quantitative estimate of drug-likeness (QED) is 0.176. The SMILES string of the molecule is CC(C)OC=O.CC[C@@H]1C[C@H](N(Cc2cc(C(F)(F)F)cc(C(F)(F)F)c2)c2nnn(CCN(C)C)n2)c2cc(C(F)(F)F)ccc2N1. The molecule has 0 amide bonds. The van der Waals surface area contributed by atoms with E-state index in [1.54, 1.807) is 27.9 Å². The van der Waals surface area contributed by atoms with Gasteiger partial charge in [-0.25, -0.2) is 0 Å². The molecule has 4 rings (SSSR count). The summed E-state index contributed by atoms with van der Waals surface area (Å²) < 4.78 is 127. The predicted molar refractivity (Wildman–Crippen MR) is 158 cm³/mol. The fraction of sp³-hybridized carbons (Fsp3) is 0.533. The number of tetrazole rings is 1. The maximum Gasteiger partial charge on any atom is 0.416 e. The third-order valence-electron chi connectivity index (χ3n) is 7.25. The summed E-state index contributed by atoms with van der Waals surface area (Å²) in [6.45, 7) is 6.07. The number of carbonyl (C=O) groups is 1. The Morgan fingerprint density at radius 1 is 0.958 bits per heavy atom. The summed E-state index contributed by atoms with van der Waals surface area (Å²) in [5, 5.41) is 15.4. The zero-order valence-corrected chi connectivity index (χ0v) is 26.7. The normalized spacial score (nSPS) is 16.6. The first-order valence-corrected chi connectivity index (χ1v) is 14.8. The van der Waals surface area contributed by atoms with Gasteiger partial charge in [0.1, 0.15) is 0 Å². The molecule has 2 atom stereocenters. The van der Waals surface area contributed by atoms with Gasteiger partial charge in [0.2, 0.25) is 0 Å². The first-order valence-electron chi connectivity index (χ1n) is 14.8. The van der Waals surface area contributed by atoms with Crippen molar-refractivity contribution in [2.75, 3.05) is 30.9 Å². The number of hydrogen-bond acceptors (Lipinski definition) is 8. The Kier molecular flexibility index (Phi) is 12.3. The van der Waals surface area contributed by atoms with Gasteiger partial charge < -0.3 is 19.9 Å². The lowest BCUT2D eigenvalue weighted by Crippen LogP contribution is -2.38. The third-order valence-corrected chi connectivity index (χ3v) is 7.25. The molecule has 48 heavy (non-hydrogen) atoms. The minimum absolute atomic E-state index is 0.0200. The highest BCUT2D eigenvalue weighted by molar-refractivity contribution is 5.60. The topological polar surface area (TPSA) is 88.4 Å². The second-order valence-corrected chi connectivity index (χ2v) is 11.6. The van der Waals surface area contributed by atoms with Crippen molar-refractivity contribution in [2.24, 2.45) is 0 Å². The van der Waals surface area contributed by atoms with Gasteiger partial charge >= 0.3 is 18.5 Å². The van der Waals surface area contributed by atoms with E-state index in [9.17, 15) is 44.3 Å². The summed E-state index contributed by atoms with van der Waals surface area (Å²) in [4.78, 5) is 13.7. The lowest BCUT2D eigenvalue weighted by Gasteiger charge is -2.39. The molecule has 2 aromatic carbocycles. The third kappa shape index (κ3) is 10.5. The number of carbonyl (C=O) groups excluding carboxylic acids is 1. The average Bonchev–Trinajstić information content (AvgIpc) is 3.45. The van der Waals surface area contributed by atoms with Crippen LogP contribution in [-0.2, 0) is 41.1 Å². The first-order chi connectivity index (χ1) is 22.2. The van der Waals surface area contributed by atoms with Crippen LogP contribution in [0.25, 0.3) is 0 Å². The number of benzene rings is 2. The maximum atomic E-state index is 13.7. The van der Waals surface area contributed by atoms with Crippen LogP contribution >= 0.6 is 0 Å². The number of anilines is 2. The zero-order chi connectivity index (χ0) is 36.0. The Bertz CT molecular complexity index is 1470. The smallest absolute Gasteiger partial charge is 0.416 e. The molecule has 0 aliphatic carbocycles. The summed E-state index contributed by atoms with van der Waals surface area (Å²) in [5.41, 5.74) is -3.83. The van der Waals surface area contributed by atoms with Crippen LogP contribution in [0.4, 0.5) is 51.1 Å². The van der Waals surface area contributed by atoms with Gasteiger partial charge in [-0.05, 0) is 93.5 Å². The molecule has 0 fully saturated rings. The molecular formula is C30H36F9N7O2. The molecule has 2 heterocycles. The van der Waals surface area contributed by atoms with E-state index in [4.69, 9.17) is 0 Å². The highest BCUT2D eigenvalue weighted by Crippen LogP contribution is 2.43. The summed E-state index contributed by atoms with van der Waals surface area (Å²) in [6, 6.07) is 3.08. The molecule has 0 unspecified atom stereocenters. The molecule has 18 heteroatoms. The fourth-order valence-electron chi connectivity index (χ4n) is 4.86. The van der Waals surface area contributed by atoms with E-state index in [0.29, 0.717) is 37.3 Å². The largest absolute Gasteiger partial charge is 0.465 e. The van der Waals surface area contributed by atoms with Crippen molar-refractivity contribution in [3.05, 3.63) is 64.2 Å². The minimum Gasteiger partial charge on any atom is -0.465 e. The highest BCUT2D eigenvalue weighted by Gasteiger charge is 2.39. The van der Waals surface area contributed by atoms with Gasteiger partial charge in [0.25, 0.3) is 12.4 Å². The lowest BCUT2D eigenvalue weighted by molar-refractivity contribution is -0.143. The van der Waals surface area contributed by atoms with Gasteiger partial charge in [0, 0.05) is 24.8 Å². The van der Waals surface area contributed by atoms with Crippen molar-refractivity contribution >= 4 is 18.1 Å². The maximum absolute atomic E-state index is 13.7. The van der Waals surface area contributed by atoms with E-state index in [1.807, 2.05) is 11.8 Å². The number of likely N-dealkylation sites (N-methyl/N-ethyl adjacent to an activating group) is 1. The van der Waals surface area contributed by atoms with E-state index in [0.717, 1.165) is 12.1 Å². The van der Waals surface area contributed by atoms with Crippen molar-refractivity contribution in [1.29, 1.82) is 0 Å². The van der Waals surface area contributed by atoms with Crippen LogP contribution in [0, 0.1) is 0 Å². The fourth-order valence-corrected chi connectivity index (χ4v) is 4.86. The van der Waals surface area contributed by atoms with Crippen LogP contribution in [0.1, 0.15) is 67.5 Å². The predicted octanol–water partition coefficient (Wildman–Crippen LogP) is 7.20. The van der Waals surface area contributed by atoms with Crippen molar-refractivity contribution in [2.45, 2.75) is 83.4 Å². The zero-order valence-electron chi connectivity index (χ0n) is 26.7. The van der Waals surface area contributed by atoms with Crippen molar-refractivity contribution in [3.63, 3.8) is 0 Å². The van der Waals surface area contributed by atoms with Crippen LogP contribution in [0.5, 0.6) is 0 Å². The summed E-state index contributed by atoms with van der Waals surface area (Å²) in [7, 11) is 3.59. The van der Waals surface area contributed by atoms with Crippen LogP contribution < -0.4 is 10.2 Å². The molecule has 0 saturated carbocycles. The van der Waals surface area contributed by atoms with Crippen LogP contribution in [0.2, 0.25) is 0 Å². The number of halogens is 9. The van der Waals surface area contributed by atoms with Crippen LogP contribution in [0.3, 0.4) is 0 Å². The molecule has 0 radical (unpaired) electrons. The van der Waals surface area contributed by atoms with E-state index in [2.05, 4.69) is 25.5 Å². The highest BCUT2D eigenvalue weighted by atomic mass is 19.4. The molecule has 0 saturated heterocycles. The second kappa shape index (κ2) is 15.4. The lowest BCUT2D eigenvalue weighted by atomic mass is 9.89. The number of fused-ring (bicyclic) bond motifs is 1. The molecule has 1 aliphatic heterocycles. The molecule has 0 bridgehead atoms. The van der Waals surface area contributed by atoms with E-state index in [1.165, 1.54) is 15.8 Å². The van der Waals surface area contributed by atoms with Crippen molar-refractivity contribution in [1.82, 2.24) is 25.1 Å². The number of alkyl halides is 9. The Morgan fingerprint density at radius 3 is 2.04 bits per heavy atom. The average molecular weight is 698 g/mol. The standard InChI is InChI=1S/C26H28F9N7.C4H8O2/c1-4-19-13-22(20-12-16(24(27,28)29)5-6-21(20)36-19)41(23-37-39-42(38-23)8-7-40(2)3)14-15-9-17(25(30,31)32)11-18(10-15)26(33,34)35;1-4(2)6-3-5/h5-6,9-12,19,22,36H,4,7-8,13-14H2,1-3H3;3-4H,1-2H3/t19-,22+;/m1./s1. The van der Waals surface area contributed by atoms with Crippen LogP contribution in [0.15, 0.2) is 36.4 Å². The molecule has 3 aromatic rings. The molecular weight excluding hydrogens is 661 g/mol. The van der Waals surface area contributed by atoms with Gasteiger partial charge in [-0.15, -0.1) is 5.10 Å². The summed E-state index contributed by atoms with van der Waals surface area (Å²) >= 11 is 0. The van der Waals surface area contributed by atoms with E-state index < -0.39 is 47.8 Å². The first kappa shape index (κ1) is 38.4. The number of nitrogens with one attached hydrogen (secondary N) is 1. The molecule has 1 aliphatic rings. The Morgan fingerprint density at radius 2 is 1.56 bits per heavy atom. The summed E-state index contributed by atoms with van der Waals surface area (Å²) in [6.07, 6.45) is -14.1. The number of hydrogen-bond donors (Lipinski definition) is 1. The van der Waals surface area contributed by atoms with Gasteiger partial charge in [-0.2, -0.15) is 44.3 Å². The van der Waals surface area contributed by atoms with Crippen molar-refractivity contribution in [3.8, 4) is 0 Å². The molecule has 0 spiro atoms. The minimum atomic E-state index is -5.08. The van der Waals surface area contributed by atoms with Gasteiger partial charge in [-0.1, -0.05) is 12.0 Å². The molecule has 1 N–H and O–H groups in total.